The van der Waals surface area contributed by atoms with Crippen LogP contribution in [0.1, 0.15) is 29.5 Å². The lowest BCUT2D eigenvalue weighted by molar-refractivity contribution is 0.613. The first kappa shape index (κ1) is 14.1. The average Bonchev–Trinajstić information content (AvgIpc) is 2.68. The van der Waals surface area contributed by atoms with Gasteiger partial charge in [0.15, 0.2) is 0 Å². The smallest absolute Gasteiger partial charge is 0.128 e. The van der Waals surface area contributed by atoms with Gasteiger partial charge in [-0.3, -0.25) is 0 Å². The highest BCUT2D eigenvalue weighted by Gasteiger charge is 2.14. The highest BCUT2D eigenvalue weighted by atomic mass is 19.1. The van der Waals surface area contributed by atoms with E-state index in [-0.39, 0.29) is 5.82 Å². The molecule has 0 aliphatic carbocycles. The van der Waals surface area contributed by atoms with Crippen molar-refractivity contribution >= 4 is 5.69 Å². The predicted octanol–water partition coefficient (Wildman–Crippen LogP) is 3.69. The summed E-state index contributed by atoms with van der Waals surface area (Å²) in [7, 11) is 0. The highest BCUT2D eigenvalue weighted by molar-refractivity contribution is 5.50. The van der Waals surface area contributed by atoms with E-state index in [1.165, 1.54) is 17.2 Å². The van der Waals surface area contributed by atoms with Crippen molar-refractivity contribution in [1.82, 2.24) is 5.32 Å². The molecule has 0 fully saturated rings. The van der Waals surface area contributed by atoms with Crippen LogP contribution < -0.4 is 10.6 Å². The molecule has 0 saturated carbocycles. The highest BCUT2D eigenvalue weighted by Crippen LogP contribution is 2.26. The minimum Gasteiger partial charge on any atom is -0.381 e. The number of rotatable bonds is 3. The maximum atomic E-state index is 13.6. The van der Waals surface area contributed by atoms with Crippen LogP contribution in [0.3, 0.4) is 0 Å². The van der Waals surface area contributed by atoms with Crippen LogP contribution in [0.5, 0.6) is 0 Å². The third kappa shape index (κ3) is 3.24. The molecule has 0 spiro atoms. The van der Waals surface area contributed by atoms with Gasteiger partial charge < -0.3 is 10.6 Å². The lowest BCUT2D eigenvalue weighted by Gasteiger charge is -2.15. The lowest BCUT2D eigenvalue weighted by atomic mass is 9.95. The number of halogens is 1. The van der Waals surface area contributed by atoms with Gasteiger partial charge in [-0.1, -0.05) is 31.2 Å². The van der Waals surface area contributed by atoms with Crippen molar-refractivity contribution in [2.45, 2.75) is 25.8 Å². The number of hydrogen-bond donors (Lipinski definition) is 2. The Labute approximate surface area is 125 Å². The molecule has 0 aromatic heterocycles. The van der Waals surface area contributed by atoms with Gasteiger partial charge in [0.1, 0.15) is 5.82 Å². The fourth-order valence-electron chi connectivity index (χ4n) is 2.88. The van der Waals surface area contributed by atoms with Crippen molar-refractivity contribution in [2.24, 2.45) is 0 Å². The minimum atomic E-state index is -0.155. The van der Waals surface area contributed by atoms with Crippen LogP contribution in [0, 0.1) is 5.82 Å². The van der Waals surface area contributed by atoms with Gasteiger partial charge in [-0.2, -0.15) is 0 Å². The molecule has 3 rings (SSSR count). The zero-order valence-electron chi connectivity index (χ0n) is 12.3. The fraction of sp³-hybridized carbons (Fsp3) is 0.333. The molecular formula is C18H21FN2. The van der Waals surface area contributed by atoms with E-state index in [9.17, 15) is 4.39 Å². The molecule has 1 atom stereocenters. The molecule has 0 radical (unpaired) electrons. The Morgan fingerprint density at radius 2 is 2.10 bits per heavy atom. The summed E-state index contributed by atoms with van der Waals surface area (Å²) >= 11 is 0. The molecule has 3 heteroatoms. The molecule has 0 saturated heterocycles. The van der Waals surface area contributed by atoms with Crippen molar-refractivity contribution < 1.29 is 4.39 Å². The lowest BCUT2D eigenvalue weighted by Crippen LogP contribution is -2.18. The molecular weight excluding hydrogens is 263 g/mol. The van der Waals surface area contributed by atoms with Crippen molar-refractivity contribution in [3.05, 3.63) is 65.0 Å². The summed E-state index contributed by atoms with van der Waals surface area (Å²) in [6.45, 7) is 4.82. The summed E-state index contributed by atoms with van der Waals surface area (Å²) in [5, 5.41) is 6.79. The molecule has 1 aliphatic rings. The largest absolute Gasteiger partial charge is 0.381 e. The quantitative estimate of drug-likeness (QED) is 0.898. The van der Waals surface area contributed by atoms with Crippen LogP contribution in [0.4, 0.5) is 10.1 Å². The van der Waals surface area contributed by atoms with Gasteiger partial charge in [0.2, 0.25) is 0 Å². The zero-order valence-corrected chi connectivity index (χ0v) is 12.3. The molecule has 1 aliphatic heterocycles. The van der Waals surface area contributed by atoms with Gasteiger partial charge in [0.05, 0.1) is 0 Å². The van der Waals surface area contributed by atoms with E-state index in [1.807, 2.05) is 12.1 Å². The second-order valence-corrected chi connectivity index (χ2v) is 5.71. The monoisotopic (exact) mass is 284 g/mol. The summed E-state index contributed by atoms with van der Waals surface area (Å²) in [5.74, 6) is 0.357. The second-order valence-electron chi connectivity index (χ2n) is 5.71. The summed E-state index contributed by atoms with van der Waals surface area (Å²) in [6.07, 6.45) is 1.08. The van der Waals surface area contributed by atoms with E-state index in [4.69, 9.17) is 0 Å². The number of nitrogens with one attached hydrogen (secondary N) is 2. The Morgan fingerprint density at radius 1 is 1.24 bits per heavy atom. The van der Waals surface area contributed by atoms with Crippen molar-refractivity contribution in [2.75, 3.05) is 18.4 Å². The molecule has 0 amide bonds. The van der Waals surface area contributed by atoms with Gasteiger partial charge >= 0.3 is 0 Å². The predicted molar refractivity (Wildman–Crippen MR) is 85.2 cm³/mol. The maximum absolute atomic E-state index is 13.6. The zero-order chi connectivity index (χ0) is 14.7. The van der Waals surface area contributed by atoms with Gasteiger partial charge in [-0.25, -0.2) is 4.39 Å². The van der Waals surface area contributed by atoms with Gasteiger partial charge in [0, 0.05) is 24.3 Å². The normalized spacial score (nSPS) is 17.9. The molecule has 0 bridgehead atoms. The van der Waals surface area contributed by atoms with Crippen LogP contribution in [0.15, 0.2) is 42.5 Å². The van der Waals surface area contributed by atoms with E-state index in [2.05, 4.69) is 35.8 Å². The Morgan fingerprint density at radius 3 is 2.95 bits per heavy atom. The maximum Gasteiger partial charge on any atom is 0.128 e. The molecule has 110 valence electrons. The van der Waals surface area contributed by atoms with E-state index in [0.717, 1.165) is 25.2 Å². The Kier molecular flexibility index (Phi) is 4.20. The van der Waals surface area contributed by atoms with E-state index >= 15 is 0 Å². The van der Waals surface area contributed by atoms with Crippen LogP contribution in [0.25, 0.3) is 0 Å². The third-order valence-electron chi connectivity index (χ3n) is 4.14. The van der Waals surface area contributed by atoms with E-state index in [1.54, 1.807) is 6.07 Å². The van der Waals surface area contributed by atoms with Gasteiger partial charge in [0.25, 0.3) is 0 Å². The number of benzene rings is 2. The van der Waals surface area contributed by atoms with Crippen molar-refractivity contribution in [1.29, 1.82) is 0 Å². The SMILES string of the molecule is C[C@@H]1CNCCc2ccc(NCc3ccccc3F)cc21. The minimum absolute atomic E-state index is 0.155. The Bertz CT molecular complexity index is 624. The Balaban J connectivity index is 1.76. The molecule has 2 aromatic rings. The first-order chi connectivity index (χ1) is 10.2. The standard InChI is InChI=1S/C18H21FN2/c1-13-11-20-9-8-14-6-7-16(10-17(13)14)21-12-15-4-2-3-5-18(15)19/h2-7,10,13,20-21H,8-9,11-12H2,1H3/t13-/m1/s1. The van der Waals surface area contributed by atoms with Crippen LogP contribution in [0.2, 0.25) is 0 Å². The molecule has 2 N–H and O–H groups in total. The first-order valence-electron chi connectivity index (χ1n) is 7.55. The van der Waals surface area contributed by atoms with Gasteiger partial charge in [-0.05, 0) is 48.2 Å². The topological polar surface area (TPSA) is 24.1 Å². The molecule has 21 heavy (non-hydrogen) atoms. The number of fused-ring (bicyclic) bond motifs is 1. The van der Waals surface area contributed by atoms with E-state index in [0.29, 0.717) is 18.0 Å². The van der Waals surface area contributed by atoms with Crippen LogP contribution in [-0.4, -0.2) is 13.1 Å². The summed E-state index contributed by atoms with van der Waals surface area (Å²) in [4.78, 5) is 0. The summed E-state index contributed by atoms with van der Waals surface area (Å²) < 4.78 is 13.6. The number of hydrogen-bond acceptors (Lipinski definition) is 2. The van der Waals surface area contributed by atoms with Crippen molar-refractivity contribution in [3.8, 4) is 0 Å². The van der Waals surface area contributed by atoms with E-state index < -0.39 is 0 Å². The number of anilines is 1. The summed E-state index contributed by atoms with van der Waals surface area (Å²) in [6, 6.07) is 13.4. The fourth-order valence-corrected chi connectivity index (χ4v) is 2.88. The summed E-state index contributed by atoms with van der Waals surface area (Å²) in [5.41, 5.74) is 4.58. The average molecular weight is 284 g/mol. The van der Waals surface area contributed by atoms with Crippen LogP contribution >= 0.6 is 0 Å². The van der Waals surface area contributed by atoms with Crippen LogP contribution in [-0.2, 0) is 13.0 Å². The molecule has 2 nitrogen and oxygen atoms in total. The second kappa shape index (κ2) is 6.27. The molecule has 2 aromatic carbocycles. The first-order valence-corrected chi connectivity index (χ1v) is 7.55. The molecule has 1 heterocycles. The van der Waals surface area contributed by atoms with Gasteiger partial charge in [-0.15, -0.1) is 0 Å². The Hall–Kier alpha value is -1.87. The van der Waals surface area contributed by atoms with Crippen molar-refractivity contribution in [3.63, 3.8) is 0 Å². The molecule has 0 unspecified atom stereocenters. The third-order valence-corrected chi connectivity index (χ3v) is 4.14.